The summed E-state index contributed by atoms with van der Waals surface area (Å²) in [6, 6.07) is 17.2. The molecule has 0 saturated heterocycles. The van der Waals surface area contributed by atoms with E-state index >= 15 is 8.78 Å². The van der Waals surface area contributed by atoms with Crippen LogP contribution < -0.4 is 4.74 Å². The minimum absolute atomic E-state index is 0.0232. The zero-order valence-corrected chi connectivity index (χ0v) is 25.7. The second-order valence-corrected chi connectivity index (χ2v) is 11.9. The zero-order chi connectivity index (χ0) is 33.8. The molecule has 2 nitrogen and oxygen atoms in total. The van der Waals surface area contributed by atoms with Crippen molar-refractivity contribution in [2.75, 3.05) is 0 Å². The normalized spacial score (nSPS) is 17.1. The Balaban J connectivity index is 1.20. The van der Waals surface area contributed by atoms with Crippen molar-refractivity contribution in [3.05, 3.63) is 113 Å². The van der Waals surface area contributed by atoms with Crippen LogP contribution in [0, 0.1) is 17.5 Å². The monoisotopic (exact) mass is 662 g/mol. The number of benzene rings is 4. The van der Waals surface area contributed by atoms with Crippen LogP contribution in [0.25, 0.3) is 22.3 Å². The molecule has 250 valence electrons. The Morgan fingerprint density at radius 1 is 0.660 bits per heavy atom. The van der Waals surface area contributed by atoms with Crippen molar-refractivity contribution in [3.8, 4) is 28.0 Å². The van der Waals surface area contributed by atoms with Gasteiger partial charge < -0.3 is 9.47 Å². The number of rotatable bonds is 11. The highest BCUT2D eigenvalue weighted by atomic mass is 19.4. The van der Waals surface area contributed by atoms with Crippen LogP contribution >= 0.6 is 0 Å². The molecule has 0 heterocycles. The summed E-state index contributed by atoms with van der Waals surface area (Å²) in [6.07, 6.45) is -3.27. The van der Waals surface area contributed by atoms with Crippen molar-refractivity contribution >= 4 is 0 Å². The summed E-state index contributed by atoms with van der Waals surface area (Å²) in [5.41, 5.74) is 1.75. The molecule has 1 aliphatic rings. The van der Waals surface area contributed by atoms with Crippen LogP contribution in [-0.2, 0) is 17.3 Å². The highest BCUT2D eigenvalue weighted by Crippen LogP contribution is 2.40. The average Bonchev–Trinajstić information content (AvgIpc) is 3.02. The van der Waals surface area contributed by atoms with Crippen molar-refractivity contribution in [2.24, 2.45) is 0 Å². The summed E-state index contributed by atoms with van der Waals surface area (Å²) in [5.74, 6) is -3.85. The predicted octanol–water partition coefficient (Wildman–Crippen LogP) is 11.9. The van der Waals surface area contributed by atoms with Crippen molar-refractivity contribution < 1.29 is 44.6 Å². The largest absolute Gasteiger partial charge is 0.573 e. The molecule has 10 heteroatoms. The Morgan fingerprint density at radius 3 is 1.83 bits per heavy atom. The molecular weight excluding hydrogens is 628 g/mol. The zero-order valence-electron chi connectivity index (χ0n) is 25.7. The lowest BCUT2D eigenvalue weighted by Crippen LogP contribution is -2.29. The van der Waals surface area contributed by atoms with Crippen molar-refractivity contribution in [2.45, 2.75) is 82.8 Å². The molecular formula is C37H34F8O2. The summed E-state index contributed by atoms with van der Waals surface area (Å²) in [6.45, 7) is 2.11. The third kappa shape index (κ3) is 8.71. The molecule has 1 fully saturated rings. The van der Waals surface area contributed by atoms with Gasteiger partial charge in [-0.15, -0.1) is 13.2 Å². The van der Waals surface area contributed by atoms with Gasteiger partial charge in [0.2, 0.25) is 0 Å². The van der Waals surface area contributed by atoms with Gasteiger partial charge in [0.15, 0.2) is 11.6 Å². The second-order valence-electron chi connectivity index (χ2n) is 11.9. The van der Waals surface area contributed by atoms with Crippen molar-refractivity contribution in [1.29, 1.82) is 0 Å². The molecule has 0 bridgehead atoms. The summed E-state index contributed by atoms with van der Waals surface area (Å²) in [5, 5.41) is 0. The third-order valence-electron chi connectivity index (χ3n) is 8.56. The van der Waals surface area contributed by atoms with Gasteiger partial charge >= 0.3 is 12.5 Å². The van der Waals surface area contributed by atoms with Gasteiger partial charge in [-0.25, -0.2) is 13.2 Å². The van der Waals surface area contributed by atoms with Crippen LogP contribution in [0.2, 0.25) is 0 Å². The lowest BCUT2D eigenvalue weighted by Gasteiger charge is -2.31. The molecule has 0 N–H and O–H groups in total. The van der Waals surface area contributed by atoms with E-state index in [4.69, 9.17) is 4.74 Å². The molecule has 0 amide bonds. The summed E-state index contributed by atoms with van der Waals surface area (Å²) >= 11 is 0. The quantitative estimate of drug-likeness (QED) is 0.118. The fraction of sp³-hybridized carbons (Fsp3) is 0.351. The van der Waals surface area contributed by atoms with Crippen LogP contribution in [0.1, 0.15) is 74.5 Å². The number of aryl methyl sites for hydroxylation is 1. The molecule has 0 aliphatic heterocycles. The fourth-order valence-electron chi connectivity index (χ4n) is 6.05. The molecule has 0 spiro atoms. The van der Waals surface area contributed by atoms with E-state index in [9.17, 15) is 26.3 Å². The van der Waals surface area contributed by atoms with Gasteiger partial charge in [-0.1, -0.05) is 74.4 Å². The molecule has 1 saturated carbocycles. The summed E-state index contributed by atoms with van der Waals surface area (Å²) in [7, 11) is 0. The van der Waals surface area contributed by atoms with Crippen molar-refractivity contribution in [1.82, 2.24) is 0 Å². The Bertz CT molecular complexity index is 1660. The van der Waals surface area contributed by atoms with Gasteiger partial charge in [0.25, 0.3) is 0 Å². The van der Waals surface area contributed by atoms with Crippen LogP contribution in [-0.4, -0.2) is 12.5 Å². The standard InChI is InChI=1S/C37H34F8O2/c1-2-3-4-5-23-6-13-28(14-7-23)36(41,42)46-29-15-8-24(9-16-29)25-10-17-30(32(38)20-25)26-11-18-31(33(39)21-26)27-12-19-35(34(40)22-27)47-37(43,44)45/h6-7,10-14,17-22,24,29H,2-5,8-9,15-16H2,1H3. The Kier molecular flexibility index (Phi) is 10.6. The molecule has 0 radical (unpaired) electrons. The maximum atomic E-state index is 15.3. The third-order valence-corrected chi connectivity index (χ3v) is 8.56. The predicted molar refractivity (Wildman–Crippen MR) is 164 cm³/mol. The summed E-state index contributed by atoms with van der Waals surface area (Å²) < 4.78 is 121. The molecule has 4 aromatic rings. The first kappa shape index (κ1) is 34.4. The molecule has 0 atom stereocenters. The SMILES string of the molecule is CCCCCc1ccc(C(F)(F)OC2CCC(c3ccc(-c4ccc(-c5ccc(OC(F)(F)F)c(F)c5)c(F)c4)c(F)c3)CC2)cc1. The maximum Gasteiger partial charge on any atom is 0.573 e. The first-order valence-electron chi connectivity index (χ1n) is 15.6. The minimum Gasteiger partial charge on any atom is -0.403 e. The summed E-state index contributed by atoms with van der Waals surface area (Å²) in [4.78, 5) is 0. The van der Waals surface area contributed by atoms with E-state index in [2.05, 4.69) is 11.7 Å². The first-order chi connectivity index (χ1) is 22.3. The molecule has 0 unspecified atom stereocenters. The average molecular weight is 663 g/mol. The molecule has 47 heavy (non-hydrogen) atoms. The van der Waals surface area contributed by atoms with Crippen LogP contribution in [0.3, 0.4) is 0 Å². The van der Waals surface area contributed by atoms with E-state index in [1.54, 1.807) is 18.2 Å². The van der Waals surface area contributed by atoms with E-state index in [-0.39, 0.29) is 33.7 Å². The van der Waals surface area contributed by atoms with E-state index in [1.165, 1.54) is 36.4 Å². The lowest BCUT2D eigenvalue weighted by atomic mass is 9.82. The Hall–Kier alpha value is -3.92. The first-order valence-corrected chi connectivity index (χ1v) is 15.6. The highest BCUT2D eigenvalue weighted by Gasteiger charge is 2.37. The topological polar surface area (TPSA) is 18.5 Å². The van der Waals surface area contributed by atoms with E-state index in [0.29, 0.717) is 31.2 Å². The van der Waals surface area contributed by atoms with E-state index in [1.807, 2.05) is 0 Å². The van der Waals surface area contributed by atoms with Crippen LogP contribution in [0.4, 0.5) is 35.1 Å². The Morgan fingerprint density at radius 2 is 1.26 bits per heavy atom. The number of alkyl halides is 5. The Labute approximate surface area is 268 Å². The van der Waals surface area contributed by atoms with E-state index in [0.717, 1.165) is 55.5 Å². The van der Waals surface area contributed by atoms with E-state index < -0.39 is 41.8 Å². The molecule has 0 aromatic heterocycles. The second kappa shape index (κ2) is 14.5. The highest BCUT2D eigenvalue weighted by molar-refractivity contribution is 5.72. The smallest absolute Gasteiger partial charge is 0.403 e. The molecule has 5 rings (SSSR count). The molecule has 4 aromatic carbocycles. The van der Waals surface area contributed by atoms with Crippen LogP contribution in [0.15, 0.2) is 78.9 Å². The van der Waals surface area contributed by atoms with Crippen molar-refractivity contribution in [3.63, 3.8) is 0 Å². The number of hydrogen-bond acceptors (Lipinski definition) is 2. The van der Waals surface area contributed by atoms with Gasteiger partial charge in [-0.05, 0) is 91.0 Å². The van der Waals surface area contributed by atoms with Gasteiger partial charge in [0.1, 0.15) is 11.6 Å². The lowest BCUT2D eigenvalue weighted by molar-refractivity contribution is -0.277. The van der Waals surface area contributed by atoms with Gasteiger partial charge in [0, 0.05) is 11.1 Å². The molecule has 1 aliphatic carbocycles. The van der Waals surface area contributed by atoms with Gasteiger partial charge in [0.05, 0.1) is 11.7 Å². The van der Waals surface area contributed by atoms with Gasteiger partial charge in [-0.3, -0.25) is 0 Å². The minimum atomic E-state index is -5.08. The maximum absolute atomic E-state index is 15.3. The number of halogens is 8. The number of ether oxygens (including phenoxy) is 2. The number of unbranched alkanes of at least 4 members (excludes halogenated alkanes) is 2. The van der Waals surface area contributed by atoms with Crippen LogP contribution in [0.5, 0.6) is 5.75 Å². The fourth-order valence-corrected chi connectivity index (χ4v) is 6.05. The van der Waals surface area contributed by atoms with Gasteiger partial charge in [-0.2, -0.15) is 8.78 Å². The number of hydrogen-bond donors (Lipinski definition) is 0.